The monoisotopic (exact) mass is 360 g/mol. The molecule has 1 heterocycles. The van der Waals surface area contributed by atoms with Gasteiger partial charge in [-0.25, -0.2) is 0 Å². The molecule has 1 aromatic carbocycles. The Hall–Kier alpha value is -1.10. The first kappa shape index (κ1) is 18.3. The molecule has 26 heavy (non-hydrogen) atoms. The lowest BCUT2D eigenvalue weighted by molar-refractivity contribution is -0.276. The Labute approximate surface area is 157 Å². The Kier molecular flexibility index (Phi) is 4.79. The molecule has 1 saturated heterocycles. The second kappa shape index (κ2) is 6.81. The first-order valence-electron chi connectivity index (χ1n) is 10.1. The van der Waals surface area contributed by atoms with E-state index < -0.39 is 5.79 Å². The normalized spacial score (nSPS) is 32.4. The lowest BCUT2D eigenvalue weighted by Gasteiger charge is -2.48. The Bertz CT molecular complexity index is 670. The van der Waals surface area contributed by atoms with Gasteiger partial charge in [0.25, 0.3) is 0 Å². The molecule has 2 aliphatic carbocycles. The highest BCUT2D eigenvalue weighted by molar-refractivity contribution is 5.53. The molecule has 0 unspecified atom stereocenters. The molecule has 1 aliphatic heterocycles. The lowest BCUT2D eigenvalue weighted by Crippen LogP contribution is -2.51. The Balaban J connectivity index is 1.74. The molecular weight excluding hydrogens is 328 g/mol. The van der Waals surface area contributed by atoms with Crippen LogP contribution < -0.4 is 4.74 Å². The van der Waals surface area contributed by atoms with Crippen molar-refractivity contribution in [2.75, 3.05) is 27.1 Å². The number of ether oxygens (including phenoxy) is 4. The summed E-state index contributed by atoms with van der Waals surface area (Å²) in [5, 5.41) is 0. The van der Waals surface area contributed by atoms with Gasteiger partial charge in [0.05, 0.1) is 13.7 Å². The van der Waals surface area contributed by atoms with Crippen LogP contribution in [0, 0.1) is 5.92 Å². The summed E-state index contributed by atoms with van der Waals surface area (Å²) in [5.74, 6) is 1.51. The van der Waals surface area contributed by atoms with Crippen LogP contribution in [0.4, 0.5) is 0 Å². The largest absolute Gasteiger partial charge is 0.496 e. The van der Waals surface area contributed by atoms with E-state index in [-0.39, 0.29) is 5.41 Å². The zero-order valence-electron chi connectivity index (χ0n) is 16.6. The van der Waals surface area contributed by atoms with Crippen LogP contribution in [0.1, 0.15) is 69.1 Å². The third-order valence-electron chi connectivity index (χ3n) is 6.85. The summed E-state index contributed by atoms with van der Waals surface area (Å²) in [6.45, 7) is 8.22. The maximum Gasteiger partial charge on any atom is 0.174 e. The second-order valence-corrected chi connectivity index (χ2v) is 8.33. The molecule has 0 amide bonds. The van der Waals surface area contributed by atoms with Crippen LogP contribution in [0.2, 0.25) is 0 Å². The molecule has 144 valence electrons. The van der Waals surface area contributed by atoms with Crippen LogP contribution in [0.5, 0.6) is 5.75 Å². The number of rotatable bonds is 6. The van der Waals surface area contributed by atoms with Crippen molar-refractivity contribution in [2.24, 2.45) is 5.92 Å². The molecule has 3 aliphatic rings. The van der Waals surface area contributed by atoms with Gasteiger partial charge in [0.15, 0.2) is 5.79 Å². The van der Waals surface area contributed by atoms with Gasteiger partial charge in [-0.15, -0.1) is 0 Å². The second-order valence-electron chi connectivity index (χ2n) is 8.33. The van der Waals surface area contributed by atoms with Crippen LogP contribution >= 0.6 is 0 Å². The fourth-order valence-electron chi connectivity index (χ4n) is 5.70. The van der Waals surface area contributed by atoms with E-state index in [0.29, 0.717) is 25.2 Å². The predicted molar refractivity (Wildman–Crippen MR) is 101 cm³/mol. The molecule has 2 bridgehead atoms. The molecule has 0 radical (unpaired) electrons. The third-order valence-corrected chi connectivity index (χ3v) is 6.85. The van der Waals surface area contributed by atoms with Crippen molar-refractivity contribution >= 4 is 0 Å². The highest BCUT2D eigenvalue weighted by Gasteiger charge is 2.63. The zero-order valence-corrected chi connectivity index (χ0v) is 16.6. The minimum Gasteiger partial charge on any atom is -0.496 e. The maximum atomic E-state index is 6.41. The SMILES string of the molecule is CCOCO[C@]12CCC[C@]3(CO1)c1ccc(C(C)C)c(OC)c1CC[C@@H]23. The van der Waals surface area contributed by atoms with Crippen LogP contribution in [0.25, 0.3) is 0 Å². The quantitative estimate of drug-likeness (QED) is 0.551. The Morgan fingerprint density at radius 3 is 2.85 bits per heavy atom. The fourth-order valence-corrected chi connectivity index (χ4v) is 5.70. The number of benzene rings is 1. The summed E-state index contributed by atoms with van der Waals surface area (Å²) in [6, 6.07) is 4.63. The average molecular weight is 360 g/mol. The number of hydrogen-bond acceptors (Lipinski definition) is 4. The third kappa shape index (κ3) is 2.53. The Morgan fingerprint density at radius 2 is 2.12 bits per heavy atom. The summed E-state index contributed by atoms with van der Waals surface area (Å²) in [6.07, 6.45) is 5.42. The molecule has 3 atom stereocenters. The van der Waals surface area contributed by atoms with Crippen LogP contribution in [-0.4, -0.2) is 32.9 Å². The molecule has 0 N–H and O–H groups in total. The predicted octanol–water partition coefficient (Wildman–Crippen LogP) is 4.54. The van der Waals surface area contributed by atoms with Crippen molar-refractivity contribution in [2.45, 2.75) is 70.0 Å². The minimum atomic E-state index is -0.463. The molecule has 4 heteroatoms. The van der Waals surface area contributed by atoms with Crippen molar-refractivity contribution in [1.82, 2.24) is 0 Å². The topological polar surface area (TPSA) is 36.9 Å². The highest BCUT2D eigenvalue weighted by Crippen LogP contribution is 2.61. The van der Waals surface area contributed by atoms with Gasteiger partial charge in [-0.1, -0.05) is 26.0 Å². The van der Waals surface area contributed by atoms with Gasteiger partial charge >= 0.3 is 0 Å². The Morgan fingerprint density at radius 1 is 1.27 bits per heavy atom. The van der Waals surface area contributed by atoms with Crippen LogP contribution in [-0.2, 0) is 26.0 Å². The molecule has 0 spiro atoms. The molecule has 4 nitrogen and oxygen atoms in total. The van der Waals surface area contributed by atoms with Crippen LogP contribution in [0.15, 0.2) is 12.1 Å². The summed E-state index contributed by atoms with van der Waals surface area (Å²) >= 11 is 0. The van der Waals surface area contributed by atoms with E-state index in [1.165, 1.54) is 23.1 Å². The van der Waals surface area contributed by atoms with Crippen LogP contribution in [0.3, 0.4) is 0 Å². The molecule has 1 saturated carbocycles. The maximum absolute atomic E-state index is 6.41. The average Bonchev–Trinajstić information content (AvgIpc) is 2.84. The van der Waals surface area contributed by atoms with Gasteiger partial charge in [0, 0.05) is 24.4 Å². The van der Waals surface area contributed by atoms with Crippen molar-refractivity contribution in [3.63, 3.8) is 0 Å². The standard InChI is InChI=1S/C22H32O4/c1-5-24-14-26-22-12-6-11-21(13-25-22)18-9-7-16(15(2)3)20(23-4)17(18)8-10-19(21)22/h7,9,15,19H,5-6,8,10-14H2,1-4H3/t19-,21+,22+/m1/s1. The molecule has 1 aromatic rings. The summed E-state index contributed by atoms with van der Waals surface area (Å²) in [4.78, 5) is 0. The van der Waals surface area contributed by atoms with Crippen molar-refractivity contribution in [1.29, 1.82) is 0 Å². The van der Waals surface area contributed by atoms with Crippen molar-refractivity contribution in [3.8, 4) is 5.75 Å². The van der Waals surface area contributed by atoms with Gasteiger partial charge in [0.1, 0.15) is 12.5 Å². The summed E-state index contributed by atoms with van der Waals surface area (Å²) < 4.78 is 24.0. The number of hydrogen-bond donors (Lipinski definition) is 0. The van der Waals surface area contributed by atoms with E-state index in [1.807, 2.05) is 14.0 Å². The van der Waals surface area contributed by atoms with E-state index in [4.69, 9.17) is 18.9 Å². The first-order valence-corrected chi connectivity index (χ1v) is 10.1. The van der Waals surface area contributed by atoms with Gasteiger partial charge < -0.3 is 18.9 Å². The van der Waals surface area contributed by atoms with Crippen molar-refractivity contribution in [3.05, 3.63) is 28.8 Å². The van der Waals surface area contributed by atoms with E-state index >= 15 is 0 Å². The fraction of sp³-hybridized carbons (Fsp3) is 0.727. The molecule has 4 rings (SSSR count). The smallest absolute Gasteiger partial charge is 0.174 e. The van der Waals surface area contributed by atoms with Gasteiger partial charge in [-0.05, 0) is 55.2 Å². The van der Waals surface area contributed by atoms with E-state index in [9.17, 15) is 0 Å². The minimum absolute atomic E-state index is 0.0703. The van der Waals surface area contributed by atoms with E-state index in [2.05, 4.69) is 26.0 Å². The highest BCUT2D eigenvalue weighted by atomic mass is 16.8. The lowest BCUT2D eigenvalue weighted by atomic mass is 9.57. The molecule has 0 aromatic heterocycles. The zero-order chi connectivity index (χ0) is 18.4. The van der Waals surface area contributed by atoms with Gasteiger partial charge in [0.2, 0.25) is 0 Å². The van der Waals surface area contributed by atoms with Gasteiger partial charge in [-0.3, -0.25) is 0 Å². The summed E-state index contributed by atoms with van der Waals surface area (Å²) in [5.41, 5.74) is 4.23. The van der Waals surface area contributed by atoms with Crippen molar-refractivity contribution < 1.29 is 18.9 Å². The number of methoxy groups -OCH3 is 1. The number of fused-ring (bicyclic) bond motifs is 1. The summed E-state index contributed by atoms with van der Waals surface area (Å²) in [7, 11) is 1.81. The van der Waals surface area contributed by atoms with Gasteiger partial charge in [-0.2, -0.15) is 0 Å². The molecule has 2 fully saturated rings. The molecular formula is C22H32O4. The van der Waals surface area contributed by atoms with E-state index in [0.717, 1.165) is 38.0 Å². The van der Waals surface area contributed by atoms with E-state index in [1.54, 1.807) is 0 Å². The first-order chi connectivity index (χ1) is 12.6.